The monoisotopic (exact) mass is 286 g/mol. The predicted octanol–water partition coefficient (Wildman–Crippen LogP) is 2.71. The highest BCUT2D eigenvalue weighted by Crippen LogP contribution is 2.21. The Bertz CT molecular complexity index is 652. The van der Waals surface area contributed by atoms with Crippen molar-refractivity contribution in [3.8, 4) is 6.07 Å². The molecule has 0 atom stereocenters. The zero-order chi connectivity index (χ0) is 13.9. The van der Waals surface area contributed by atoms with Gasteiger partial charge in [-0.2, -0.15) is 5.26 Å². The molecular weight excluding hydrogens is 272 g/mol. The van der Waals surface area contributed by atoms with Gasteiger partial charge in [-0.3, -0.25) is 0 Å². The van der Waals surface area contributed by atoms with Crippen LogP contribution in [0.15, 0.2) is 30.6 Å². The standard InChI is InChI=1S/C15H15ClN4/c16-14-7-11(8-17)1-2-12(14)10-20-6-5-18-15(20)9-19-13-3-4-13/h1-2,5-7,13,19H,3-4,9-10H2. The molecule has 0 saturated heterocycles. The molecule has 1 aliphatic rings. The minimum absolute atomic E-state index is 0.583. The van der Waals surface area contributed by atoms with E-state index in [4.69, 9.17) is 16.9 Å². The first-order chi connectivity index (χ1) is 9.76. The van der Waals surface area contributed by atoms with Crippen molar-refractivity contribution in [3.05, 3.63) is 52.6 Å². The van der Waals surface area contributed by atoms with E-state index in [9.17, 15) is 0 Å². The van der Waals surface area contributed by atoms with E-state index < -0.39 is 0 Å². The molecule has 0 unspecified atom stereocenters. The summed E-state index contributed by atoms with van der Waals surface area (Å²) in [6.45, 7) is 1.46. The van der Waals surface area contributed by atoms with Crippen LogP contribution in [0.4, 0.5) is 0 Å². The van der Waals surface area contributed by atoms with Gasteiger partial charge in [0.25, 0.3) is 0 Å². The quantitative estimate of drug-likeness (QED) is 0.919. The zero-order valence-corrected chi connectivity index (χ0v) is 11.8. The van der Waals surface area contributed by atoms with Crippen molar-refractivity contribution in [1.29, 1.82) is 5.26 Å². The Balaban J connectivity index is 1.73. The van der Waals surface area contributed by atoms with Crippen molar-refractivity contribution in [2.45, 2.75) is 32.0 Å². The van der Waals surface area contributed by atoms with Gasteiger partial charge in [-0.15, -0.1) is 0 Å². The molecule has 1 aliphatic carbocycles. The molecular formula is C15H15ClN4. The van der Waals surface area contributed by atoms with Gasteiger partial charge in [-0.1, -0.05) is 17.7 Å². The molecule has 1 N–H and O–H groups in total. The number of imidazole rings is 1. The van der Waals surface area contributed by atoms with Crippen LogP contribution in [0.2, 0.25) is 5.02 Å². The smallest absolute Gasteiger partial charge is 0.122 e. The van der Waals surface area contributed by atoms with E-state index in [1.807, 2.05) is 18.5 Å². The average molecular weight is 287 g/mol. The number of nitrogens with one attached hydrogen (secondary N) is 1. The minimum Gasteiger partial charge on any atom is -0.329 e. The summed E-state index contributed by atoms with van der Waals surface area (Å²) >= 11 is 6.21. The molecule has 1 heterocycles. The molecule has 5 heteroatoms. The average Bonchev–Trinajstić information content (AvgIpc) is 3.18. The third kappa shape index (κ3) is 3.01. The van der Waals surface area contributed by atoms with E-state index in [0.29, 0.717) is 23.2 Å². The first kappa shape index (κ1) is 13.2. The molecule has 20 heavy (non-hydrogen) atoms. The van der Waals surface area contributed by atoms with Crippen LogP contribution in [0.3, 0.4) is 0 Å². The van der Waals surface area contributed by atoms with Crippen LogP contribution < -0.4 is 5.32 Å². The highest BCUT2D eigenvalue weighted by molar-refractivity contribution is 6.31. The predicted molar refractivity (Wildman–Crippen MR) is 77.4 cm³/mol. The summed E-state index contributed by atoms with van der Waals surface area (Å²) in [7, 11) is 0. The fraction of sp³-hybridized carbons (Fsp3) is 0.333. The molecule has 1 saturated carbocycles. The largest absolute Gasteiger partial charge is 0.329 e. The fourth-order valence-electron chi connectivity index (χ4n) is 2.10. The third-order valence-corrected chi connectivity index (χ3v) is 3.80. The maximum absolute atomic E-state index is 8.85. The number of hydrogen-bond donors (Lipinski definition) is 1. The molecule has 102 valence electrons. The second-order valence-electron chi connectivity index (χ2n) is 5.04. The first-order valence-electron chi connectivity index (χ1n) is 6.68. The maximum atomic E-state index is 8.85. The second-order valence-corrected chi connectivity index (χ2v) is 5.45. The SMILES string of the molecule is N#Cc1ccc(Cn2ccnc2CNC2CC2)c(Cl)c1. The Labute approximate surface area is 123 Å². The Morgan fingerprint density at radius 1 is 1.45 bits per heavy atom. The Hall–Kier alpha value is -1.83. The number of rotatable bonds is 5. The lowest BCUT2D eigenvalue weighted by atomic mass is 10.1. The summed E-state index contributed by atoms with van der Waals surface area (Å²) in [5.41, 5.74) is 1.58. The lowest BCUT2D eigenvalue weighted by Crippen LogP contribution is -2.19. The van der Waals surface area contributed by atoms with Crippen molar-refractivity contribution in [2.75, 3.05) is 0 Å². The molecule has 3 rings (SSSR count). The van der Waals surface area contributed by atoms with Gasteiger partial charge in [-0.25, -0.2) is 4.98 Å². The molecule has 0 aliphatic heterocycles. The van der Waals surface area contributed by atoms with Gasteiger partial charge in [-0.05, 0) is 30.5 Å². The molecule has 1 fully saturated rings. The van der Waals surface area contributed by atoms with Gasteiger partial charge >= 0.3 is 0 Å². The minimum atomic E-state index is 0.583. The number of benzene rings is 1. The van der Waals surface area contributed by atoms with Crippen LogP contribution in [-0.4, -0.2) is 15.6 Å². The van der Waals surface area contributed by atoms with Gasteiger partial charge in [0.15, 0.2) is 0 Å². The van der Waals surface area contributed by atoms with Gasteiger partial charge in [0.2, 0.25) is 0 Å². The van der Waals surface area contributed by atoms with Crippen LogP contribution in [0.1, 0.15) is 29.8 Å². The number of nitriles is 1. The fourth-order valence-corrected chi connectivity index (χ4v) is 2.34. The molecule has 4 nitrogen and oxygen atoms in total. The first-order valence-corrected chi connectivity index (χ1v) is 7.06. The summed E-state index contributed by atoms with van der Waals surface area (Å²) in [5, 5.41) is 12.9. The topological polar surface area (TPSA) is 53.6 Å². The highest BCUT2D eigenvalue weighted by Gasteiger charge is 2.20. The van der Waals surface area contributed by atoms with Crippen LogP contribution in [-0.2, 0) is 13.1 Å². The molecule has 0 amide bonds. The Morgan fingerprint density at radius 2 is 2.30 bits per heavy atom. The number of halogens is 1. The van der Waals surface area contributed by atoms with Crippen molar-refractivity contribution in [3.63, 3.8) is 0 Å². The van der Waals surface area contributed by atoms with Crippen LogP contribution in [0.25, 0.3) is 0 Å². The molecule has 0 bridgehead atoms. The van der Waals surface area contributed by atoms with E-state index in [2.05, 4.69) is 20.9 Å². The second kappa shape index (κ2) is 5.66. The van der Waals surface area contributed by atoms with Crippen molar-refractivity contribution < 1.29 is 0 Å². The third-order valence-electron chi connectivity index (χ3n) is 3.45. The molecule has 1 aromatic heterocycles. The Morgan fingerprint density at radius 3 is 3.00 bits per heavy atom. The van der Waals surface area contributed by atoms with Crippen LogP contribution in [0.5, 0.6) is 0 Å². The summed E-state index contributed by atoms with van der Waals surface area (Å²) < 4.78 is 2.09. The number of nitrogens with zero attached hydrogens (tertiary/aromatic N) is 3. The van der Waals surface area contributed by atoms with E-state index in [1.165, 1.54) is 12.8 Å². The summed E-state index contributed by atoms with van der Waals surface area (Å²) in [6, 6.07) is 8.15. The van der Waals surface area contributed by atoms with Crippen LogP contribution >= 0.6 is 11.6 Å². The normalized spacial score (nSPS) is 14.2. The summed E-state index contributed by atoms with van der Waals surface area (Å²) in [6.07, 6.45) is 6.30. The lowest BCUT2D eigenvalue weighted by molar-refractivity contribution is 0.618. The van der Waals surface area contributed by atoms with Gasteiger partial charge in [0.1, 0.15) is 5.82 Å². The van der Waals surface area contributed by atoms with Gasteiger partial charge in [0, 0.05) is 23.5 Å². The van der Waals surface area contributed by atoms with E-state index in [0.717, 1.165) is 17.9 Å². The van der Waals surface area contributed by atoms with Crippen molar-refractivity contribution in [2.24, 2.45) is 0 Å². The maximum Gasteiger partial charge on any atom is 0.122 e. The molecule has 0 spiro atoms. The summed E-state index contributed by atoms with van der Waals surface area (Å²) in [4.78, 5) is 4.38. The van der Waals surface area contributed by atoms with Crippen molar-refractivity contribution >= 4 is 11.6 Å². The molecule has 2 aromatic rings. The van der Waals surface area contributed by atoms with Gasteiger partial charge < -0.3 is 9.88 Å². The van der Waals surface area contributed by atoms with Crippen LogP contribution in [0, 0.1) is 11.3 Å². The number of hydrogen-bond acceptors (Lipinski definition) is 3. The number of aromatic nitrogens is 2. The Kier molecular flexibility index (Phi) is 3.72. The van der Waals surface area contributed by atoms with E-state index >= 15 is 0 Å². The van der Waals surface area contributed by atoms with E-state index in [1.54, 1.807) is 12.1 Å². The lowest BCUT2D eigenvalue weighted by Gasteiger charge is -2.10. The van der Waals surface area contributed by atoms with Gasteiger partial charge in [0.05, 0.1) is 24.7 Å². The van der Waals surface area contributed by atoms with Crippen molar-refractivity contribution in [1.82, 2.24) is 14.9 Å². The molecule has 1 aromatic carbocycles. The molecule has 0 radical (unpaired) electrons. The van der Waals surface area contributed by atoms with E-state index in [-0.39, 0.29) is 0 Å². The summed E-state index contributed by atoms with van der Waals surface area (Å²) in [5.74, 6) is 1.01. The highest BCUT2D eigenvalue weighted by atomic mass is 35.5. The zero-order valence-electron chi connectivity index (χ0n) is 11.0.